The van der Waals surface area contributed by atoms with Gasteiger partial charge in [0.05, 0.1) is 5.69 Å². The maximum Gasteiger partial charge on any atom is 0.180 e. The topological polar surface area (TPSA) is 51.4 Å². The zero-order chi connectivity index (χ0) is 11.4. The van der Waals surface area contributed by atoms with E-state index in [1.165, 1.54) is 24.2 Å². The number of aromatic nitrogens is 1. The molecule has 0 saturated carbocycles. The summed E-state index contributed by atoms with van der Waals surface area (Å²) < 4.78 is 5.19. The van der Waals surface area contributed by atoms with Crippen LogP contribution in [-0.4, -0.2) is 36.7 Å². The summed E-state index contributed by atoms with van der Waals surface area (Å²) in [5.74, 6) is 0.738. The first-order valence-corrected chi connectivity index (χ1v) is 6.57. The zero-order valence-electron chi connectivity index (χ0n) is 9.69. The van der Waals surface area contributed by atoms with E-state index < -0.39 is 0 Å². The molecule has 0 radical (unpaired) electrons. The molecule has 1 saturated heterocycles. The van der Waals surface area contributed by atoms with Gasteiger partial charge in [0.15, 0.2) is 5.13 Å². The van der Waals surface area contributed by atoms with E-state index in [1.54, 1.807) is 7.11 Å². The van der Waals surface area contributed by atoms with E-state index in [0.717, 1.165) is 37.9 Å². The van der Waals surface area contributed by atoms with Crippen LogP contribution >= 0.6 is 11.3 Å². The first-order chi connectivity index (χ1) is 7.78. The lowest BCUT2D eigenvalue weighted by Crippen LogP contribution is -2.34. The monoisotopic (exact) mass is 241 g/mol. The molecule has 0 bridgehead atoms. The van der Waals surface area contributed by atoms with Gasteiger partial charge in [-0.3, -0.25) is 4.90 Å². The molecule has 4 nitrogen and oxygen atoms in total. The number of nitrogens with two attached hydrogens (primary N) is 1. The van der Waals surface area contributed by atoms with Crippen molar-refractivity contribution in [2.45, 2.75) is 19.4 Å². The Morgan fingerprint density at radius 3 is 2.88 bits per heavy atom. The summed E-state index contributed by atoms with van der Waals surface area (Å²) in [5, 5.41) is 2.72. The minimum Gasteiger partial charge on any atom is -0.384 e. The van der Waals surface area contributed by atoms with E-state index in [4.69, 9.17) is 10.5 Å². The molecule has 1 fully saturated rings. The van der Waals surface area contributed by atoms with Crippen LogP contribution in [0.25, 0.3) is 0 Å². The third kappa shape index (κ3) is 3.17. The van der Waals surface area contributed by atoms with Gasteiger partial charge in [-0.15, -0.1) is 11.3 Å². The summed E-state index contributed by atoms with van der Waals surface area (Å²) in [6, 6.07) is 0. The predicted molar refractivity (Wildman–Crippen MR) is 66.4 cm³/mol. The smallest absolute Gasteiger partial charge is 0.180 e. The Morgan fingerprint density at radius 2 is 2.31 bits per heavy atom. The zero-order valence-corrected chi connectivity index (χ0v) is 10.5. The van der Waals surface area contributed by atoms with E-state index in [0.29, 0.717) is 5.13 Å². The van der Waals surface area contributed by atoms with Crippen molar-refractivity contribution in [3.05, 3.63) is 11.1 Å². The lowest BCUT2D eigenvalue weighted by molar-refractivity contribution is 0.0964. The molecule has 0 aliphatic carbocycles. The number of anilines is 1. The van der Waals surface area contributed by atoms with Crippen molar-refractivity contribution in [2.75, 3.05) is 32.5 Å². The van der Waals surface area contributed by atoms with Crippen LogP contribution in [0, 0.1) is 5.92 Å². The second kappa shape index (κ2) is 5.61. The Kier molecular flexibility index (Phi) is 4.15. The van der Waals surface area contributed by atoms with Crippen LogP contribution in [0.4, 0.5) is 5.13 Å². The quantitative estimate of drug-likeness (QED) is 0.869. The van der Waals surface area contributed by atoms with E-state index >= 15 is 0 Å². The maximum absolute atomic E-state index is 5.62. The number of hydrogen-bond acceptors (Lipinski definition) is 5. The van der Waals surface area contributed by atoms with Crippen LogP contribution in [-0.2, 0) is 11.3 Å². The summed E-state index contributed by atoms with van der Waals surface area (Å²) in [6.45, 7) is 4.13. The lowest BCUT2D eigenvalue weighted by Gasteiger charge is -2.30. The van der Waals surface area contributed by atoms with Crippen LogP contribution < -0.4 is 5.73 Å². The highest BCUT2D eigenvalue weighted by Crippen LogP contribution is 2.20. The van der Waals surface area contributed by atoms with E-state index in [2.05, 4.69) is 15.3 Å². The van der Waals surface area contributed by atoms with Gasteiger partial charge < -0.3 is 10.5 Å². The molecule has 0 spiro atoms. The van der Waals surface area contributed by atoms with Gasteiger partial charge in [0.25, 0.3) is 0 Å². The third-order valence-electron chi connectivity index (χ3n) is 3.06. The Bertz CT molecular complexity index is 321. The molecule has 16 heavy (non-hydrogen) atoms. The van der Waals surface area contributed by atoms with Crippen LogP contribution in [0.1, 0.15) is 18.5 Å². The molecule has 0 unspecified atom stereocenters. The third-order valence-corrected chi connectivity index (χ3v) is 3.79. The number of hydrogen-bond donors (Lipinski definition) is 1. The van der Waals surface area contributed by atoms with Gasteiger partial charge in [-0.1, -0.05) is 0 Å². The summed E-state index contributed by atoms with van der Waals surface area (Å²) >= 11 is 1.52. The van der Waals surface area contributed by atoms with Gasteiger partial charge in [0, 0.05) is 25.6 Å². The number of thiazole rings is 1. The highest BCUT2D eigenvalue weighted by Gasteiger charge is 2.19. The molecular weight excluding hydrogens is 222 g/mol. The van der Waals surface area contributed by atoms with Crippen LogP contribution in [0.3, 0.4) is 0 Å². The predicted octanol–water partition coefficient (Wildman–Crippen LogP) is 1.58. The average molecular weight is 241 g/mol. The number of nitrogen functional groups attached to an aromatic ring is 1. The van der Waals surface area contributed by atoms with Crippen LogP contribution in [0.5, 0.6) is 0 Å². The average Bonchev–Trinajstić information content (AvgIpc) is 2.67. The number of methoxy groups -OCH3 is 1. The Morgan fingerprint density at radius 1 is 1.56 bits per heavy atom. The number of rotatable bonds is 4. The molecule has 1 aliphatic heterocycles. The van der Waals surface area contributed by atoms with Gasteiger partial charge in [-0.05, 0) is 31.8 Å². The van der Waals surface area contributed by atoms with Gasteiger partial charge in [0.2, 0.25) is 0 Å². The van der Waals surface area contributed by atoms with Crippen LogP contribution in [0.15, 0.2) is 5.38 Å². The van der Waals surface area contributed by atoms with Crippen molar-refractivity contribution in [1.29, 1.82) is 0 Å². The first-order valence-electron chi connectivity index (χ1n) is 5.69. The first kappa shape index (κ1) is 11.8. The molecule has 2 rings (SSSR count). The molecule has 0 amide bonds. The Labute approximate surface area is 100 Å². The van der Waals surface area contributed by atoms with Crippen molar-refractivity contribution >= 4 is 16.5 Å². The standard InChI is InChI=1S/C11H19N3OS/c1-15-7-9-2-4-14(5-3-9)6-10-8-16-11(12)13-10/h8-9H,2-7H2,1H3,(H2,12,13). The molecule has 0 atom stereocenters. The number of piperidine rings is 1. The molecule has 1 aliphatic rings. The second-order valence-electron chi connectivity index (χ2n) is 4.35. The molecule has 90 valence electrons. The fourth-order valence-corrected chi connectivity index (χ4v) is 2.73. The molecule has 2 N–H and O–H groups in total. The van der Waals surface area contributed by atoms with Gasteiger partial charge in [-0.2, -0.15) is 0 Å². The van der Waals surface area contributed by atoms with Gasteiger partial charge >= 0.3 is 0 Å². The Balaban J connectivity index is 1.77. The molecule has 0 aromatic carbocycles. The summed E-state index contributed by atoms with van der Waals surface area (Å²) in [4.78, 5) is 6.74. The highest BCUT2D eigenvalue weighted by molar-refractivity contribution is 7.13. The van der Waals surface area contributed by atoms with E-state index in [1.807, 2.05) is 0 Å². The van der Waals surface area contributed by atoms with E-state index in [9.17, 15) is 0 Å². The summed E-state index contributed by atoms with van der Waals surface area (Å²) in [6.07, 6.45) is 2.46. The van der Waals surface area contributed by atoms with E-state index in [-0.39, 0.29) is 0 Å². The van der Waals surface area contributed by atoms with Crippen molar-refractivity contribution in [1.82, 2.24) is 9.88 Å². The number of ether oxygens (including phenoxy) is 1. The molecular formula is C11H19N3OS. The van der Waals surface area contributed by atoms with Crippen molar-refractivity contribution in [3.63, 3.8) is 0 Å². The highest BCUT2D eigenvalue weighted by atomic mass is 32.1. The largest absolute Gasteiger partial charge is 0.384 e. The maximum atomic E-state index is 5.62. The fourth-order valence-electron chi connectivity index (χ4n) is 2.17. The SMILES string of the molecule is COCC1CCN(Cc2csc(N)n2)CC1. The number of likely N-dealkylation sites (tertiary alicyclic amines) is 1. The Hall–Kier alpha value is -0.650. The minimum atomic E-state index is 0.671. The summed E-state index contributed by atoms with van der Waals surface area (Å²) in [7, 11) is 1.78. The van der Waals surface area contributed by atoms with Gasteiger partial charge in [0.1, 0.15) is 0 Å². The lowest BCUT2D eigenvalue weighted by atomic mass is 9.98. The number of nitrogens with zero attached hydrogens (tertiary/aromatic N) is 2. The molecule has 1 aromatic rings. The fraction of sp³-hybridized carbons (Fsp3) is 0.727. The van der Waals surface area contributed by atoms with Crippen molar-refractivity contribution < 1.29 is 4.74 Å². The molecule has 5 heteroatoms. The molecule has 2 heterocycles. The summed E-state index contributed by atoms with van der Waals surface area (Å²) in [5.41, 5.74) is 6.72. The minimum absolute atomic E-state index is 0.671. The normalized spacial score (nSPS) is 19.1. The molecule has 1 aromatic heterocycles. The van der Waals surface area contributed by atoms with Crippen LogP contribution in [0.2, 0.25) is 0 Å². The second-order valence-corrected chi connectivity index (χ2v) is 5.24. The van der Waals surface area contributed by atoms with Crippen molar-refractivity contribution in [2.24, 2.45) is 5.92 Å². The van der Waals surface area contributed by atoms with Gasteiger partial charge in [-0.25, -0.2) is 4.98 Å². The van der Waals surface area contributed by atoms with Crippen molar-refractivity contribution in [3.8, 4) is 0 Å².